The number of benzene rings is 1. The number of hydrogen-bond donors (Lipinski definition) is 1. The first-order valence-electron chi connectivity index (χ1n) is 6.94. The zero-order valence-electron chi connectivity index (χ0n) is 12.7. The Balaban J connectivity index is 1.99. The molecular formula is C16H21N3O2. The number of anilines is 1. The van der Waals surface area contributed by atoms with Crippen LogP contribution in [-0.2, 0) is 4.74 Å². The fourth-order valence-corrected chi connectivity index (χ4v) is 1.73. The molecule has 5 nitrogen and oxygen atoms in total. The maximum absolute atomic E-state index is 11.9. The molecule has 0 atom stereocenters. The minimum atomic E-state index is -0.395. The second kappa shape index (κ2) is 5.99. The average molecular weight is 287 g/mol. The Morgan fingerprint density at radius 2 is 1.90 bits per heavy atom. The standard InChI is InChI=1S/C16H21N3O2/c1-16(2,3)9-11-21-15(20)14-8-10-19(18-14)13-6-4-12(17)5-7-13/h4-8,10H,9,11,17H2,1-3H3. The predicted molar refractivity (Wildman–Crippen MR) is 82.3 cm³/mol. The van der Waals surface area contributed by atoms with E-state index in [2.05, 4.69) is 25.9 Å². The third-order valence-corrected chi connectivity index (χ3v) is 3.04. The molecule has 0 aliphatic rings. The van der Waals surface area contributed by atoms with E-state index in [1.807, 2.05) is 12.1 Å². The van der Waals surface area contributed by atoms with Gasteiger partial charge in [0.25, 0.3) is 0 Å². The highest BCUT2D eigenvalue weighted by molar-refractivity contribution is 5.87. The topological polar surface area (TPSA) is 70.1 Å². The lowest BCUT2D eigenvalue weighted by molar-refractivity contribution is 0.0457. The Kier molecular flexibility index (Phi) is 4.31. The monoisotopic (exact) mass is 287 g/mol. The van der Waals surface area contributed by atoms with Gasteiger partial charge in [-0.15, -0.1) is 0 Å². The normalized spacial score (nSPS) is 11.4. The molecule has 1 aromatic carbocycles. The Labute approximate surface area is 124 Å². The molecule has 0 aliphatic heterocycles. The van der Waals surface area contributed by atoms with Crippen LogP contribution in [0.3, 0.4) is 0 Å². The lowest BCUT2D eigenvalue weighted by atomic mass is 9.93. The van der Waals surface area contributed by atoms with Gasteiger partial charge in [0, 0.05) is 11.9 Å². The van der Waals surface area contributed by atoms with Crippen molar-refractivity contribution in [2.45, 2.75) is 27.2 Å². The number of carbonyl (C=O) groups excluding carboxylic acids is 1. The first-order valence-corrected chi connectivity index (χ1v) is 6.94. The van der Waals surface area contributed by atoms with Gasteiger partial charge in [-0.3, -0.25) is 0 Å². The van der Waals surface area contributed by atoms with Crippen LogP contribution in [0.5, 0.6) is 0 Å². The maximum Gasteiger partial charge on any atom is 0.358 e. The maximum atomic E-state index is 11.9. The van der Waals surface area contributed by atoms with E-state index in [4.69, 9.17) is 10.5 Å². The van der Waals surface area contributed by atoms with E-state index in [0.717, 1.165) is 12.1 Å². The van der Waals surface area contributed by atoms with Crippen LogP contribution in [0.2, 0.25) is 0 Å². The molecule has 0 fully saturated rings. The van der Waals surface area contributed by atoms with Crippen molar-refractivity contribution in [1.29, 1.82) is 0 Å². The third-order valence-electron chi connectivity index (χ3n) is 3.04. The van der Waals surface area contributed by atoms with Crippen LogP contribution in [0.4, 0.5) is 5.69 Å². The van der Waals surface area contributed by atoms with Crippen molar-refractivity contribution < 1.29 is 9.53 Å². The second-order valence-corrected chi connectivity index (χ2v) is 6.18. The smallest absolute Gasteiger partial charge is 0.358 e. The van der Waals surface area contributed by atoms with Gasteiger partial charge in [-0.2, -0.15) is 5.10 Å². The molecule has 0 bridgehead atoms. The van der Waals surface area contributed by atoms with Crippen LogP contribution >= 0.6 is 0 Å². The highest BCUT2D eigenvalue weighted by Gasteiger charge is 2.14. The number of hydrogen-bond acceptors (Lipinski definition) is 4. The molecule has 5 heteroatoms. The lowest BCUT2D eigenvalue weighted by Crippen LogP contribution is -2.13. The molecule has 1 heterocycles. The number of ether oxygens (including phenoxy) is 1. The van der Waals surface area contributed by atoms with Gasteiger partial charge >= 0.3 is 5.97 Å². The molecule has 0 aliphatic carbocycles. The van der Waals surface area contributed by atoms with Crippen molar-refractivity contribution in [3.8, 4) is 5.69 Å². The molecule has 2 N–H and O–H groups in total. The second-order valence-electron chi connectivity index (χ2n) is 6.18. The molecule has 2 rings (SSSR count). The summed E-state index contributed by atoms with van der Waals surface area (Å²) in [5.74, 6) is -0.395. The van der Waals surface area contributed by atoms with Crippen molar-refractivity contribution in [2.75, 3.05) is 12.3 Å². The highest BCUT2D eigenvalue weighted by atomic mass is 16.5. The summed E-state index contributed by atoms with van der Waals surface area (Å²) < 4.78 is 6.86. The Hall–Kier alpha value is -2.30. The summed E-state index contributed by atoms with van der Waals surface area (Å²) >= 11 is 0. The summed E-state index contributed by atoms with van der Waals surface area (Å²) in [6, 6.07) is 8.92. The van der Waals surface area contributed by atoms with E-state index in [1.54, 1.807) is 29.1 Å². The zero-order valence-corrected chi connectivity index (χ0v) is 12.7. The van der Waals surface area contributed by atoms with Gasteiger partial charge < -0.3 is 10.5 Å². The number of nitrogens with two attached hydrogens (primary N) is 1. The van der Waals surface area contributed by atoms with Crippen LogP contribution in [0.25, 0.3) is 5.69 Å². The molecular weight excluding hydrogens is 266 g/mol. The quantitative estimate of drug-likeness (QED) is 0.693. The molecule has 0 spiro atoms. The van der Waals surface area contributed by atoms with Gasteiger partial charge in [0.1, 0.15) is 0 Å². The minimum absolute atomic E-state index is 0.142. The number of nitrogens with zero attached hydrogens (tertiary/aromatic N) is 2. The van der Waals surface area contributed by atoms with E-state index in [1.165, 1.54) is 0 Å². The number of carbonyl (C=O) groups is 1. The number of nitrogen functional groups attached to an aromatic ring is 1. The highest BCUT2D eigenvalue weighted by Crippen LogP contribution is 2.18. The Bertz CT molecular complexity index is 609. The SMILES string of the molecule is CC(C)(C)CCOC(=O)c1ccn(-c2ccc(N)cc2)n1. The van der Waals surface area contributed by atoms with Crippen LogP contribution < -0.4 is 5.73 Å². The largest absolute Gasteiger partial charge is 0.461 e. The number of rotatable bonds is 4. The molecule has 112 valence electrons. The fraction of sp³-hybridized carbons (Fsp3) is 0.375. The molecule has 0 saturated heterocycles. The minimum Gasteiger partial charge on any atom is -0.461 e. The van der Waals surface area contributed by atoms with Crippen molar-refractivity contribution in [2.24, 2.45) is 5.41 Å². The third kappa shape index (κ3) is 4.34. The summed E-state index contributed by atoms with van der Waals surface area (Å²) in [5.41, 5.74) is 7.63. The molecule has 0 unspecified atom stereocenters. The number of esters is 1. The van der Waals surface area contributed by atoms with E-state index < -0.39 is 5.97 Å². The summed E-state index contributed by atoms with van der Waals surface area (Å²) in [4.78, 5) is 11.9. The van der Waals surface area contributed by atoms with Crippen LogP contribution in [0.15, 0.2) is 36.5 Å². The molecule has 0 radical (unpaired) electrons. The van der Waals surface area contributed by atoms with E-state index in [0.29, 0.717) is 18.0 Å². The fourth-order valence-electron chi connectivity index (χ4n) is 1.73. The van der Waals surface area contributed by atoms with Crippen molar-refractivity contribution in [1.82, 2.24) is 9.78 Å². The summed E-state index contributed by atoms with van der Waals surface area (Å²) in [6.07, 6.45) is 2.54. The van der Waals surface area contributed by atoms with Gasteiger partial charge in [-0.25, -0.2) is 9.48 Å². The van der Waals surface area contributed by atoms with Crippen LogP contribution in [0.1, 0.15) is 37.7 Å². The first kappa shape index (κ1) is 15.1. The predicted octanol–water partition coefficient (Wildman–Crippen LogP) is 3.05. The summed E-state index contributed by atoms with van der Waals surface area (Å²) in [5, 5.41) is 4.23. The van der Waals surface area contributed by atoms with E-state index >= 15 is 0 Å². The van der Waals surface area contributed by atoms with Gasteiger partial charge in [-0.1, -0.05) is 20.8 Å². The van der Waals surface area contributed by atoms with Crippen molar-refractivity contribution >= 4 is 11.7 Å². The van der Waals surface area contributed by atoms with E-state index in [-0.39, 0.29) is 5.41 Å². The van der Waals surface area contributed by atoms with Crippen molar-refractivity contribution in [3.05, 3.63) is 42.2 Å². The van der Waals surface area contributed by atoms with Crippen LogP contribution in [0, 0.1) is 5.41 Å². The molecule has 0 saturated carbocycles. The molecule has 21 heavy (non-hydrogen) atoms. The summed E-state index contributed by atoms with van der Waals surface area (Å²) in [7, 11) is 0. The number of aromatic nitrogens is 2. The first-order chi connectivity index (χ1) is 9.85. The van der Waals surface area contributed by atoms with Gasteiger partial charge in [0.2, 0.25) is 0 Å². The van der Waals surface area contributed by atoms with Gasteiger partial charge in [0.05, 0.1) is 12.3 Å². The molecule has 1 aromatic heterocycles. The molecule has 2 aromatic rings. The zero-order chi connectivity index (χ0) is 15.5. The van der Waals surface area contributed by atoms with Crippen LogP contribution in [-0.4, -0.2) is 22.4 Å². The Morgan fingerprint density at radius 1 is 1.24 bits per heavy atom. The average Bonchev–Trinajstić information content (AvgIpc) is 2.87. The molecule has 0 amide bonds. The lowest BCUT2D eigenvalue weighted by Gasteiger charge is -2.17. The van der Waals surface area contributed by atoms with E-state index in [9.17, 15) is 4.79 Å². The van der Waals surface area contributed by atoms with Crippen molar-refractivity contribution in [3.63, 3.8) is 0 Å². The Morgan fingerprint density at radius 3 is 2.52 bits per heavy atom. The van der Waals surface area contributed by atoms with Gasteiger partial charge in [-0.05, 0) is 42.2 Å². The van der Waals surface area contributed by atoms with Gasteiger partial charge in [0.15, 0.2) is 5.69 Å². The summed E-state index contributed by atoms with van der Waals surface area (Å²) in [6.45, 7) is 6.72.